The molecule has 1 aliphatic heterocycles. The minimum absolute atomic E-state index is 0.382. The van der Waals surface area contributed by atoms with E-state index in [1.165, 1.54) is 44.9 Å². The van der Waals surface area contributed by atoms with Gasteiger partial charge in [-0.1, -0.05) is 45.4 Å². The van der Waals surface area contributed by atoms with Crippen molar-refractivity contribution < 1.29 is 4.79 Å². The van der Waals surface area contributed by atoms with E-state index in [0.717, 1.165) is 32.5 Å². The molecule has 1 rings (SSSR count). The molecule has 0 aromatic carbocycles. The van der Waals surface area contributed by atoms with E-state index in [0.29, 0.717) is 11.8 Å². The first kappa shape index (κ1) is 16.5. The number of unbranched alkanes of at least 4 members (excludes halogenated alkanes) is 6. The first-order valence-corrected chi connectivity index (χ1v) is 8.20. The lowest BCUT2D eigenvalue weighted by Gasteiger charge is -2.16. The molecule has 0 aliphatic carbocycles. The fourth-order valence-corrected chi connectivity index (χ4v) is 2.91. The molecule has 1 saturated heterocycles. The zero-order chi connectivity index (χ0) is 13.9. The summed E-state index contributed by atoms with van der Waals surface area (Å²) in [5.74, 6) is 1.05. The minimum atomic E-state index is 0.382. The van der Waals surface area contributed by atoms with Crippen LogP contribution >= 0.6 is 0 Å². The first-order valence-electron chi connectivity index (χ1n) is 8.20. The maximum atomic E-state index is 12.0. The van der Waals surface area contributed by atoms with E-state index >= 15 is 0 Å². The average molecular weight is 268 g/mol. The van der Waals surface area contributed by atoms with E-state index in [2.05, 4.69) is 17.1 Å². The SMILES string of the molecule is CCCCCCCCCC(=O)N1CCC(CNC)C1. The van der Waals surface area contributed by atoms with E-state index < -0.39 is 0 Å². The van der Waals surface area contributed by atoms with Crippen molar-refractivity contribution in [2.24, 2.45) is 5.92 Å². The molecule has 0 spiro atoms. The van der Waals surface area contributed by atoms with E-state index in [9.17, 15) is 4.79 Å². The van der Waals surface area contributed by atoms with E-state index in [1.54, 1.807) is 0 Å². The van der Waals surface area contributed by atoms with E-state index in [-0.39, 0.29) is 0 Å². The van der Waals surface area contributed by atoms with Crippen LogP contribution in [-0.2, 0) is 4.79 Å². The van der Waals surface area contributed by atoms with Gasteiger partial charge in [-0.15, -0.1) is 0 Å². The molecule has 1 atom stereocenters. The van der Waals surface area contributed by atoms with Gasteiger partial charge in [0.15, 0.2) is 0 Å². The standard InChI is InChI=1S/C16H32N2O/c1-3-4-5-6-7-8-9-10-16(19)18-12-11-15(14-18)13-17-2/h15,17H,3-14H2,1-2H3. The van der Waals surface area contributed by atoms with Crippen molar-refractivity contribution in [3.8, 4) is 0 Å². The van der Waals surface area contributed by atoms with Gasteiger partial charge in [0, 0.05) is 19.5 Å². The number of amides is 1. The molecule has 19 heavy (non-hydrogen) atoms. The number of rotatable bonds is 10. The van der Waals surface area contributed by atoms with Crippen LogP contribution in [0.3, 0.4) is 0 Å². The Bertz CT molecular complexity index is 243. The molecule has 0 aromatic rings. The van der Waals surface area contributed by atoms with Gasteiger partial charge < -0.3 is 10.2 Å². The molecule has 0 saturated carbocycles. The molecule has 3 nitrogen and oxygen atoms in total. The lowest BCUT2D eigenvalue weighted by atomic mass is 10.1. The fourth-order valence-electron chi connectivity index (χ4n) is 2.91. The van der Waals surface area contributed by atoms with Crippen LogP contribution in [0.4, 0.5) is 0 Å². The molecule has 1 heterocycles. The number of carbonyl (C=O) groups is 1. The van der Waals surface area contributed by atoms with Crippen LogP contribution in [0.1, 0.15) is 64.7 Å². The highest BCUT2D eigenvalue weighted by Gasteiger charge is 2.24. The van der Waals surface area contributed by atoms with Crippen LogP contribution in [0, 0.1) is 5.92 Å². The van der Waals surface area contributed by atoms with Crippen molar-refractivity contribution >= 4 is 5.91 Å². The zero-order valence-corrected chi connectivity index (χ0v) is 12.9. The molecule has 1 aliphatic rings. The molecule has 1 fully saturated rings. The van der Waals surface area contributed by atoms with E-state index in [4.69, 9.17) is 0 Å². The third-order valence-corrected chi connectivity index (χ3v) is 4.13. The molecule has 0 radical (unpaired) electrons. The summed E-state index contributed by atoms with van der Waals surface area (Å²) in [5.41, 5.74) is 0. The van der Waals surface area contributed by atoms with Gasteiger partial charge in [-0.2, -0.15) is 0 Å². The number of nitrogens with one attached hydrogen (secondary N) is 1. The number of carbonyl (C=O) groups excluding carboxylic acids is 1. The van der Waals surface area contributed by atoms with Crippen LogP contribution < -0.4 is 5.32 Å². The largest absolute Gasteiger partial charge is 0.342 e. The van der Waals surface area contributed by atoms with Gasteiger partial charge in [0.1, 0.15) is 0 Å². The highest BCUT2D eigenvalue weighted by atomic mass is 16.2. The zero-order valence-electron chi connectivity index (χ0n) is 12.9. The predicted molar refractivity (Wildman–Crippen MR) is 81.2 cm³/mol. The van der Waals surface area contributed by atoms with Crippen LogP contribution in [0.25, 0.3) is 0 Å². The summed E-state index contributed by atoms with van der Waals surface area (Å²) in [6.45, 7) is 5.23. The lowest BCUT2D eigenvalue weighted by Crippen LogP contribution is -2.30. The van der Waals surface area contributed by atoms with Crippen molar-refractivity contribution in [3.63, 3.8) is 0 Å². The van der Waals surface area contributed by atoms with Gasteiger partial charge in [-0.3, -0.25) is 4.79 Å². The predicted octanol–water partition coefficient (Wildman–Crippen LogP) is 3.20. The molecule has 1 N–H and O–H groups in total. The minimum Gasteiger partial charge on any atom is -0.342 e. The smallest absolute Gasteiger partial charge is 0.222 e. The normalized spacial score (nSPS) is 19.1. The summed E-state index contributed by atoms with van der Waals surface area (Å²) in [7, 11) is 1.99. The monoisotopic (exact) mass is 268 g/mol. The summed E-state index contributed by atoms with van der Waals surface area (Å²) in [6, 6.07) is 0. The first-order chi connectivity index (χ1) is 9.27. The third-order valence-electron chi connectivity index (χ3n) is 4.13. The number of hydrogen-bond donors (Lipinski definition) is 1. The Kier molecular flexibility index (Phi) is 8.89. The average Bonchev–Trinajstić information content (AvgIpc) is 2.87. The molecule has 0 aromatic heterocycles. The van der Waals surface area contributed by atoms with Gasteiger partial charge >= 0.3 is 0 Å². The van der Waals surface area contributed by atoms with Crippen molar-refractivity contribution in [1.82, 2.24) is 10.2 Å². The molecule has 0 bridgehead atoms. The lowest BCUT2D eigenvalue weighted by molar-refractivity contribution is -0.130. The quantitative estimate of drug-likeness (QED) is 0.617. The third kappa shape index (κ3) is 6.95. The Morgan fingerprint density at radius 2 is 1.84 bits per heavy atom. The molecular weight excluding hydrogens is 236 g/mol. The Morgan fingerprint density at radius 1 is 1.16 bits per heavy atom. The summed E-state index contributed by atoms with van der Waals surface area (Å²) < 4.78 is 0. The summed E-state index contributed by atoms with van der Waals surface area (Å²) in [5, 5.41) is 3.21. The van der Waals surface area contributed by atoms with Crippen molar-refractivity contribution in [2.45, 2.75) is 64.7 Å². The Hall–Kier alpha value is -0.570. The van der Waals surface area contributed by atoms with Crippen LogP contribution in [-0.4, -0.2) is 37.5 Å². The number of nitrogens with zero attached hydrogens (tertiary/aromatic N) is 1. The fraction of sp³-hybridized carbons (Fsp3) is 0.938. The van der Waals surface area contributed by atoms with Crippen LogP contribution in [0.2, 0.25) is 0 Å². The van der Waals surface area contributed by atoms with Crippen LogP contribution in [0.15, 0.2) is 0 Å². The van der Waals surface area contributed by atoms with E-state index in [1.807, 2.05) is 7.05 Å². The highest BCUT2D eigenvalue weighted by molar-refractivity contribution is 5.76. The number of hydrogen-bond acceptors (Lipinski definition) is 2. The second-order valence-corrected chi connectivity index (χ2v) is 5.92. The molecule has 3 heteroatoms. The van der Waals surface area contributed by atoms with Crippen LogP contribution in [0.5, 0.6) is 0 Å². The molecule has 112 valence electrons. The van der Waals surface area contributed by atoms with Gasteiger partial charge in [-0.05, 0) is 32.4 Å². The highest BCUT2D eigenvalue weighted by Crippen LogP contribution is 2.17. The Morgan fingerprint density at radius 3 is 2.53 bits per heavy atom. The summed E-state index contributed by atoms with van der Waals surface area (Å²) in [4.78, 5) is 14.1. The van der Waals surface area contributed by atoms with Gasteiger partial charge in [0.2, 0.25) is 5.91 Å². The molecular formula is C16H32N2O. The van der Waals surface area contributed by atoms with Gasteiger partial charge in [-0.25, -0.2) is 0 Å². The van der Waals surface area contributed by atoms with Crippen molar-refractivity contribution in [1.29, 1.82) is 0 Å². The van der Waals surface area contributed by atoms with Gasteiger partial charge in [0.25, 0.3) is 0 Å². The summed E-state index contributed by atoms with van der Waals surface area (Å²) >= 11 is 0. The molecule has 1 amide bonds. The maximum Gasteiger partial charge on any atom is 0.222 e. The van der Waals surface area contributed by atoms with Crippen molar-refractivity contribution in [2.75, 3.05) is 26.7 Å². The Labute approximate surface area is 119 Å². The Balaban J connectivity index is 1.99. The summed E-state index contributed by atoms with van der Waals surface area (Å²) in [6.07, 6.45) is 10.9. The topological polar surface area (TPSA) is 32.3 Å². The second kappa shape index (κ2) is 10.2. The molecule has 1 unspecified atom stereocenters. The number of likely N-dealkylation sites (tertiary alicyclic amines) is 1. The van der Waals surface area contributed by atoms with Gasteiger partial charge in [0.05, 0.1) is 0 Å². The maximum absolute atomic E-state index is 12.0. The van der Waals surface area contributed by atoms with Crippen molar-refractivity contribution in [3.05, 3.63) is 0 Å². The second-order valence-electron chi connectivity index (χ2n) is 5.92.